The number of rotatable bonds is 5. The van der Waals surface area contributed by atoms with Gasteiger partial charge in [0.2, 0.25) is 15.6 Å². The van der Waals surface area contributed by atoms with Gasteiger partial charge in [0, 0.05) is 11.8 Å². The number of hydrogen-bond acceptors (Lipinski definition) is 5. The SMILES string of the molecule is CC(C)c1cc(C(=O)Nc2ccc(S(=O)(=O)C(F)F)cc2)on1. The van der Waals surface area contributed by atoms with Crippen LogP contribution >= 0.6 is 0 Å². The summed E-state index contributed by atoms with van der Waals surface area (Å²) in [6.45, 7) is 3.78. The second-order valence-electron chi connectivity index (χ2n) is 5.05. The second-order valence-corrected chi connectivity index (χ2v) is 6.97. The van der Waals surface area contributed by atoms with Crippen LogP contribution in [0.5, 0.6) is 0 Å². The van der Waals surface area contributed by atoms with E-state index in [0.29, 0.717) is 5.69 Å². The van der Waals surface area contributed by atoms with Crippen LogP contribution in [0, 0.1) is 0 Å². The number of amides is 1. The molecule has 124 valence electrons. The minimum Gasteiger partial charge on any atom is -0.351 e. The number of halogens is 2. The predicted molar refractivity (Wildman–Crippen MR) is 78.2 cm³/mol. The monoisotopic (exact) mass is 344 g/mol. The summed E-state index contributed by atoms with van der Waals surface area (Å²) < 4.78 is 52.3. The van der Waals surface area contributed by atoms with E-state index in [4.69, 9.17) is 4.52 Å². The third-order valence-electron chi connectivity index (χ3n) is 3.02. The molecule has 0 spiro atoms. The Balaban J connectivity index is 2.13. The Morgan fingerprint density at radius 1 is 1.22 bits per heavy atom. The minimum absolute atomic E-state index is 0.00187. The molecule has 0 radical (unpaired) electrons. The number of carbonyl (C=O) groups is 1. The van der Waals surface area contributed by atoms with Crippen molar-refractivity contribution in [3.8, 4) is 0 Å². The summed E-state index contributed by atoms with van der Waals surface area (Å²) >= 11 is 0. The lowest BCUT2D eigenvalue weighted by atomic mass is 10.1. The molecule has 1 amide bonds. The topological polar surface area (TPSA) is 89.3 Å². The maximum absolute atomic E-state index is 12.4. The van der Waals surface area contributed by atoms with E-state index < -0.39 is 26.4 Å². The molecule has 0 aliphatic carbocycles. The molecule has 2 aromatic rings. The molecule has 2 rings (SSSR count). The fourth-order valence-corrected chi connectivity index (χ4v) is 2.41. The Morgan fingerprint density at radius 2 is 1.83 bits per heavy atom. The van der Waals surface area contributed by atoms with Gasteiger partial charge in [-0.25, -0.2) is 8.42 Å². The molecule has 0 atom stereocenters. The summed E-state index contributed by atoms with van der Waals surface area (Å²) in [7, 11) is -4.66. The Bertz CT molecular complexity index is 798. The van der Waals surface area contributed by atoms with E-state index in [0.717, 1.165) is 12.1 Å². The van der Waals surface area contributed by atoms with Crippen molar-refractivity contribution in [1.29, 1.82) is 0 Å². The molecule has 0 bridgehead atoms. The van der Waals surface area contributed by atoms with E-state index in [1.165, 1.54) is 18.2 Å². The lowest BCUT2D eigenvalue weighted by Crippen LogP contribution is -2.13. The Labute approximate surface area is 131 Å². The molecule has 0 aliphatic rings. The highest BCUT2D eigenvalue weighted by Crippen LogP contribution is 2.21. The fraction of sp³-hybridized carbons (Fsp3) is 0.286. The minimum atomic E-state index is -4.66. The van der Waals surface area contributed by atoms with Crippen molar-refractivity contribution in [2.45, 2.75) is 30.4 Å². The molecule has 1 aromatic carbocycles. The van der Waals surface area contributed by atoms with Gasteiger partial charge < -0.3 is 9.84 Å². The van der Waals surface area contributed by atoms with Crippen molar-refractivity contribution in [2.24, 2.45) is 0 Å². The highest BCUT2D eigenvalue weighted by atomic mass is 32.2. The third-order valence-corrected chi connectivity index (χ3v) is 4.42. The zero-order valence-electron chi connectivity index (χ0n) is 12.3. The summed E-state index contributed by atoms with van der Waals surface area (Å²) in [4.78, 5) is 11.4. The first-order chi connectivity index (χ1) is 10.7. The van der Waals surface area contributed by atoms with Gasteiger partial charge in [0.05, 0.1) is 10.6 Å². The van der Waals surface area contributed by atoms with Crippen molar-refractivity contribution in [3.63, 3.8) is 0 Å². The molecule has 0 fully saturated rings. The maximum Gasteiger partial charge on any atom is 0.341 e. The fourth-order valence-electron chi connectivity index (χ4n) is 1.69. The van der Waals surface area contributed by atoms with Gasteiger partial charge in [-0.2, -0.15) is 8.78 Å². The summed E-state index contributed by atoms with van der Waals surface area (Å²) in [5, 5.41) is 6.21. The van der Waals surface area contributed by atoms with E-state index in [9.17, 15) is 22.0 Å². The molecule has 1 N–H and O–H groups in total. The van der Waals surface area contributed by atoms with Crippen molar-refractivity contribution < 1.29 is 26.5 Å². The van der Waals surface area contributed by atoms with Crippen LogP contribution in [0.1, 0.15) is 36.0 Å². The second kappa shape index (κ2) is 6.45. The normalized spacial score (nSPS) is 11.9. The van der Waals surface area contributed by atoms with E-state index in [2.05, 4.69) is 10.5 Å². The zero-order chi connectivity index (χ0) is 17.2. The van der Waals surface area contributed by atoms with Crippen molar-refractivity contribution in [3.05, 3.63) is 41.8 Å². The molecule has 23 heavy (non-hydrogen) atoms. The highest BCUT2D eigenvalue weighted by Gasteiger charge is 2.26. The first-order valence-corrected chi connectivity index (χ1v) is 8.16. The number of carbonyl (C=O) groups excluding carboxylic acids is 1. The van der Waals surface area contributed by atoms with Crippen LogP contribution < -0.4 is 5.32 Å². The van der Waals surface area contributed by atoms with Gasteiger partial charge in [-0.3, -0.25) is 4.79 Å². The van der Waals surface area contributed by atoms with E-state index in [1.54, 1.807) is 0 Å². The molecule has 0 saturated heterocycles. The van der Waals surface area contributed by atoms with Crippen molar-refractivity contribution in [2.75, 3.05) is 5.32 Å². The highest BCUT2D eigenvalue weighted by molar-refractivity contribution is 7.91. The molecule has 0 unspecified atom stereocenters. The Morgan fingerprint density at radius 3 is 2.30 bits per heavy atom. The van der Waals surface area contributed by atoms with Gasteiger partial charge in [-0.05, 0) is 30.2 Å². The van der Waals surface area contributed by atoms with Gasteiger partial charge >= 0.3 is 5.76 Å². The zero-order valence-corrected chi connectivity index (χ0v) is 13.1. The molecule has 1 heterocycles. The molecular formula is C14H14F2N2O4S. The number of nitrogens with zero attached hydrogens (tertiary/aromatic N) is 1. The van der Waals surface area contributed by atoms with Crippen molar-refractivity contribution >= 4 is 21.4 Å². The number of nitrogens with one attached hydrogen (secondary N) is 1. The van der Waals surface area contributed by atoms with Crippen molar-refractivity contribution in [1.82, 2.24) is 5.16 Å². The van der Waals surface area contributed by atoms with Crippen LogP contribution in [-0.2, 0) is 9.84 Å². The molecule has 0 aliphatic heterocycles. The summed E-state index contributed by atoms with van der Waals surface area (Å²) in [6, 6.07) is 5.92. The van der Waals surface area contributed by atoms with Crippen LogP contribution in [0.3, 0.4) is 0 Å². The molecule has 1 aromatic heterocycles. The molecule has 0 saturated carbocycles. The van der Waals surface area contributed by atoms with Crippen LogP contribution in [0.15, 0.2) is 39.8 Å². The van der Waals surface area contributed by atoms with Crippen LogP contribution in [0.2, 0.25) is 0 Å². The first-order valence-electron chi connectivity index (χ1n) is 6.62. The summed E-state index contributed by atoms with van der Waals surface area (Å²) in [6.07, 6.45) is 0. The first kappa shape index (κ1) is 17.1. The van der Waals surface area contributed by atoms with E-state index in [-0.39, 0.29) is 17.4 Å². The summed E-state index contributed by atoms with van der Waals surface area (Å²) in [5.41, 5.74) is 0.860. The average Bonchev–Trinajstić information content (AvgIpc) is 2.97. The number of aromatic nitrogens is 1. The van der Waals surface area contributed by atoms with Gasteiger partial charge in [-0.1, -0.05) is 19.0 Å². The van der Waals surface area contributed by atoms with Crippen LogP contribution in [-0.4, -0.2) is 25.2 Å². The summed E-state index contributed by atoms with van der Waals surface area (Å²) in [5.74, 6) is -3.97. The quantitative estimate of drug-likeness (QED) is 0.900. The van der Waals surface area contributed by atoms with Crippen LogP contribution in [0.25, 0.3) is 0 Å². The smallest absolute Gasteiger partial charge is 0.341 e. The predicted octanol–water partition coefficient (Wildman–Crippen LogP) is 3.05. The van der Waals surface area contributed by atoms with E-state index >= 15 is 0 Å². The number of anilines is 1. The maximum atomic E-state index is 12.4. The Kier molecular flexibility index (Phi) is 4.79. The average molecular weight is 344 g/mol. The number of alkyl halides is 2. The molecule has 9 heteroatoms. The number of benzene rings is 1. The van der Waals surface area contributed by atoms with E-state index in [1.807, 2.05) is 13.8 Å². The van der Waals surface area contributed by atoms with Gasteiger partial charge in [0.15, 0.2) is 0 Å². The number of sulfone groups is 1. The van der Waals surface area contributed by atoms with Gasteiger partial charge in [0.1, 0.15) is 0 Å². The lowest BCUT2D eigenvalue weighted by Gasteiger charge is -2.05. The largest absolute Gasteiger partial charge is 0.351 e. The third kappa shape index (κ3) is 3.73. The number of hydrogen-bond donors (Lipinski definition) is 1. The van der Waals surface area contributed by atoms with Gasteiger partial charge in [-0.15, -0.1) is 0 Å². The molecule has 6 nitrogen and oxygen atoms in total. The standard InChI is InChI=1S/C14H14F2N2O4S/c1-8(2)11-7-12(22-18-11)13(19)17-9-3-5-10(6-4-9)23(20,21)14(15)16/h3-8,14H,1-2H3,(H,17,19). The molecular weight excluding hydrogens is 330 g/mol. The van der Waals surface area contributed by atoms with Gasteiger partial charge in [0.25, 0.3) is 5.91 Å². The Hall–Kier alpha value is -2.29. The lowest BCUT2D eigenvalue weighted by molar-refractivity contribution is 0.0987. The van der Waals surface area contributed by atoms with Crippen LogP contribution in [0.4, 0.5) is 14.5 Å².